The summed E-state index contributed by atoms with van der Waals surface area (Å²) in [6, 6.07) is 14.7. The van der Waals surface area contributed by atoms with Crippen LogP contribution in [0.15, 0.2) is 54.6 Å². The van der Waals surface area contributed by atoms with E-state index in [9.17, 15) is 13.2 Å². The zero-order chi connectivity index (χ0) is 22.9. The number of hydrogen-bond donors (Lipinski definition) is 0. The Morgan fingerprint density at radius 3 is 2.16 bits per heavy atom. The third-order valence-corrected chi connectivity index (χ3v) is 5.37. The minimum Gasteiger partial charge on any atom is -0.493 e. The molecule has 3 aromatic rings. The first-order chi connectivity index (χ1) is 15.5. The zero-order valence-corrected chi connectivity index (χ0v) is 18.6. The molecule has 0 amide bonds. The smallest absolute Gasteiger partial charge is 0.165 e. The lowest BCUT2D eigenvalue weighted by molar-refractivity contribution is 0.297. The Hall–Kier alpha value is -2.95. The molecule has 3 rings (SSSR count). The molecule has 0 bridgehead atoms. The lowest BCUT2D eigenvalue weighted by atomic mass is 10.0. The van der Waals surface area contributed by atoms with Crippen molar-refractivity contribution in [2.24, 2.45) is 0 Å². The molecule has 0 saturated heterocycles. The number of halogens is 3. The van der Waals surface area contributed by atoms with Crippen molar-refractivity contribution in [2.45, 2.75) is 52.6 Å². The van der Waals surface area contributed by atoms with Gasteiger partial charge in [0.1, 0.15) is 23.9 Å². The molecule has 0 aliphatic carbocycles. The number of benzene rings is 3. The summed E-state index contributed by atoms with van der Waals surface area (Å²) in [5.41, 5.74) is 1.54. The van der Waals surface area contributed by atoms with Crippen LogP contribution in [0.2, 0.25) is 0 Å². The highest BCUT2D eigenvalue weighted by Gasteiger charge is 2.12. The summed E-state index contributed by atoms with van der Waals surface area (Å²) in [5.74, 6) is -1.11. The van der Waals surface area contributed by atoms with Gasteiger partial charge in [-0.3, -0.25) is 0 Å². The van der Waals surface area contributed by atoms with Crippen LogP contribution in [0.3, 0.4) is 0 Å². The summed E-state index contributed by atoms with van der Waals surface area (Å²) in [5, 5.41) is 0. The first kappa shape index (κ1) is 23.7. The van der Waals surface area contributed by atoms with E-state index in [0.29, 0.717) is 29.2 Å². The van der Waals surface area contributed by atoms with Crippen molar-refractivity contribution in [2.75, 3.05) is 6.61 Å². The summed E-state index contributed by atoms with van der Waals surface area (Å²) in [7, 11) is 0. The molecule has 0 unspecified atom stereocenters. The summed E-state index contributed by atoms with van der Waals surface area (Å²) in [4.78, 5) is 0. The van der Waals surface area contributed by atoms with E-state index in [1.807, 2.05) is 0 Å². The van der Waals surface area contributed by atoms with Crippen LogP contribution in [0.4, 0.5) is 13.2 Å². The van der Waals surface area contributed by atoms with Crippen LogP contribution >= 0.6 is 0 Å². The van der Waals surface area contributed by atoms with Gasteiger partial charge in [-0.2, -0.15) is 0 Å². The molecule has 0 aliphatic rings. The SMILES string of the molecule is CCCCCCCOc1ccc(-c2ccc(OCc3ccc(C)c(F)c3F)cc2)c(F)c1. The van der Waals surface area contributed by atoms with Crippen molar-refractivity contribution in [1.29, 1.82) is 0 Å². The Kier molecular flexibility index (Phi) is 8.60. The largest absolute Gasteiger partial charge is 0.493 e. The maximum Gasteiger partial charge on any atom is 0.165 e. The molecule has 32 heavy (non-hydrogen) atoms. The molecular formula is C27H29F3O2. The second-order valence-electron chi connectivity index (χ2n) is 7.89. The predicted molar refractivity (Wildman–Crippen MR) is 122 cm³/mol. The summed E-state index contributed by atoms with van der Waals surface area (Å²) >= 11 is 0. The topological polar surface area (TPSA) is 18.5 Å². The summed E-state index contributed by atoms with van der Waals surface area (Å²) in [6.07, 6.45) is 5.71. The maximum absolute atomic E-state index is 14.6. The molecule has 3 aromatic carbocycles. The molecule has 0 heterocycles. The molecule has 5 heteroatoms. The molecule has 0 aromatic heterocycles. The van der Waals surface area contributed by atoms with E-state index in [2.05, 4.69) is 6.92 Å². The van der Waals surface area contributed by atoms with E-state index in [-0.39, 0.29) is 23.6 Å². The van der Waals surface area contributed by atoms with Gasteiger partial charge in [0.05, 0.1) is 6.61 Å². The molecule has 2 nitrogen and oxygen atoms in total. The van der Waals surface area contributed by atoms with Gasteiger partial charge >= 0.3 is 0 Å². The Bertz CT molecular complexity index is 1020. The van der Waals surface area contributed by atoms with Crippen LogP contribution in [0.5, 0.6) is 11.5 Å². The number of rotatable bonds is 11. The van der Waals surface area contributed by atoms with Crippen LogP contribution in [0, 0.1) is 24.4 Å². The Labute approximate surface area is 188 Å². The first-order valence-electron chi connectivity index (χ1n) is 11.1. The van der Waals surface area contributed by atoms with E-state index in [4.69, 9.17) is 9.47 Å². The minimum absolute atomic E-state index is 0.0960. The fourth-order valence-corrected chi connectivity index (χ4v) is 3.40. The van der Waals surface area contributed by atoms with Crippen LogP contribution in [-0.2, 0) is 6.61 Å². The van der Waals surface area contributed by atoms with Gasteiger partial charge in [-0.15, -0.1) is 0 Å². The lowest BCUT2D eigenvalue weighted by Gasteiger charge is -2.11. The molecule has 0 spiro atoms. The van der Waals surface area contributed by atoms with Gasteiger partial charge in [-0.25, -0.2) is 13.2 Å². The quantitative estimate of drug-likeness (QED) is 0.280. The highest BCUT2D eigenvalue weighted by Crippen LogP contribution is 2.28. The van der Waals surface area contributed by atoms with Gasteiger partial charge in [0, 0.05) is 17.2 Å². The average molecular weight is 443 g/mol. The molecule has 170 valence electrons. The van der Waals surface area contributed by atoms with Gasteiger partial charge in [0.15, 0.2) is 11.6 Å². The van der Waals surface area contributed by atoms with Gasteiger partial charge in [-0.1, -0.05) is 56.9 Å². The second kappa shape index (κ2) is 11.6. The van der Waals surface area contributed by atoms with Crippen LogP contribution in [0.1, 0.15) is 50.2 Å². The monoisotopic (exact) mass is 442 g/mol. The molecule has 0 fully saturated rings. The van der Waals surface area contributed by atoms with Gasteiger partial charge in [-0.05, 0) is 48.7 Å². The fraction of sp³-hybridized carbons (Fsp3) is 0.333. The highest BCUT2D eigenvalue weighted by atomic mass is 19.2. The summed E-state index contributed by atoms with van der Waals surface area (Å²) in [6.45, 7) is 4.17. The van der Waals surface area contributed by atoms with E-state index in [1.165, 1.54) is 44.4 Å². The molecule has 0 N–H and O–H groups in total. The van der Waals surface area contributed by atoms with Gasteiger partial charge < -0.3 is 9.47 Å². The van der Waals surface area contributed by atoms with Gasteiger partial charge in [0.2, 0.25) is 0 Å². The number of ether oxygens (including phenoxy) is 2. The Morgan fingerprint density at radius 2 is 1.44 bits per heavy atom. The Morgan fingerprint density at radius 1 is 0.719 bits per heavy atom. The van der Waals surface area contributed by atoms with E-state index in [0.717, 1.165) is 12.8 Å². The number of unbranched alkanes of at least 4 members (excludes halogenated alkanes) is 4. The third-order valence-electron chi connectivity index (χ3n) is 5.37. The van der Waals surface area contributed by atoms with Crippen molar-refractivity contribution in [1.82, 2.24) is 0 Å². The highest BCUT2D eigenvalue weighted by molar-refractivity contribution is 5.65. The van der Waals surface area contributed by atoms with Crippen molar-refractivity contribution in [3.8, 4) is 22.6 Å². The molecule has 0 saturated carbocycles. The van der Waals surface area contributed by atoms with Crippen LogP contribution < -0.4 is 9.47 Å². The second-order valence-corrected chi connectivity index (χ2v) is 7.89. The van der Waals surface area contributed by atoms with Crippen molar-refractivity contribution < 1.29 is 22.6 Å². The van der Waals surface area contributed by atoms with Crippen LogP contribution in [0.25, 0.3) is 11.1 Å². The fourth-order valence-electron chi connectivity index (χ4n) is 3.40. The minimum atomic E-state index is -0.896. The standard InChI is InChI=1S/C27H29F3O2/c1-3-4-5-6-7-16-31-23-14-15-24(25(28)17-23)20-10-12-22(13-11-20)32-18-21-9-8-19(2)26(29)27(21)30/h8-15,17H,3-7,16,18H2,1-2H3. The third kappa shape index (κ3) is 6.28. The van der Waals surface area contributed by atoms with Crippen molar-refractivity contribution >= 4 is 0 Å². The summed E-state index contributed by atoms with van der Waals surface area (Å²) < 4.78 is 53.5. The van der Waals surface area contributed by atoms with E-state index >= 15 is 0 Å². The number of aryl methyl sites for hydroxylation is 1. The molecule has 0 radical (unpaired) electrons. The Balaban J connectivity index is 1.56. The normalized spacial score (nSPS) is 10.9. The van der Waals surface area contributed by atoms with Gasteiger partial charge in [0.25, 0.3) is 0 Å². The molecule has 0 aliphatic heterocycles. The van der Waals surface area contributed by atoms with E-state index < -0.39 is 11.6 Å². The molecule has 0 atom stereocenters. The number of hydrogen-bond acceptors (Lipinski definition) is 2. The lowest BCUT2D eigenvalue weighted by Crippen LogP contribution is -2.02. The van der Waals surface area contributed by atoms with Crippen molar-refractivity contribution in [3.05, 3.63) is 83.2 Å². The van der Waals surface area contributed by atoms with E-state index in [1.54, 1.807) is 36.4 Å². The van der Waals surface area contributed by atoms with Crippen LogP contribution in [-0.4, -0.2) is 6.61 Å². The first-order valence-corrected chi connectivity index (χ1v) is 11.1. The van der Waals surface area contributed by atoms with Crippen molar-refractivity contribution in [3.63, 3.8) is 0 Å². The predicted octanol–water partition coefficient (Wildman–Crippen LogP) is 8.01. The molecular weight excluding hydrogens is 413 g/mol. The maximum atomic E-state index is 14.6. The average Bonchev–Trinajstić information content (AvgIpc) is 2.80. The zero-order valence-electron chi connectivity index (χ0n) is 18.6.